The van der Waals surface area contributed by atoms with Gasteiger partial charge >= 0.3 is 0 Å². The van der Waals surface area contributed by atoms with Crippen LogP contribution in [-0.4, -0.2) is 31.3 Å². The molecule has 0 aromatic carbocycles. The maximum Gasteiger partial charge on any atom is 0.0837 e. The average molecular weight is 244 g/mol. The topological polar surface area (TPSA) is 29.5 Å². The highest BCUT2D eigenvalue weighted by atomic mass is 16.5. The largest absolute Gasteiger partial charge is 0.390 e. The van der Waals surface area contributed by atoms with Crippen molar-refractivity contribution in [3.63, 3.8) is 0 Å². The summed E-state index contributed by atoms with van der Waals surface area (Å²) in [4.78, 5) is 0. The third-order valence-electron chi connectivity index (χ3n) is 3.12. The maximum atomic E-state index is 9.96. The van der Waals surface area contributed by atoms with E-state index in [1.807, 2.05) is 0 Å². The van der Waals surface area contributed by atoms with Crippen molar-refractivity contribution in [1.82, 2.24) is 0 Å². The van der Waals surface area contributed by atoms with E-state index in [1.54, 1.807) is 12.2 Å². The van der Waals surface area contributed by atoms with Gasteiger partial charge in [0.15, 0.2) is 0 Å². The molecule has 0 saturated carbocycles. The Hall–Kier alpha value is -0.975. The lowest BCUT2D eigenvalue weighted by molar-refractivity contribution is -0.0312. The zero-order valence-electron chi connectivity index (χ0n) is 11.0. The van der Waals surface area contributed by atoms with Gasteiger partial charge in [0, 0.05) is 0 Å². The third-order valence-corrected chi connectivity index (χ3v) is 3.12. The van der Waals surface area contributed by atoms with Crippen molar-refractivity contribution in [2.45, 2.75) is 56.7 Å². The number of terminal acetylenes is 1. The third kappa shape index (κ3) is 4.72. The van der Waals surface area contributed by atoms with Gasteiger partial charge in [-0.15, -0.1) is 6.42 Å². The average Bonchev–Trinajstić information content (AvgIpc) is 2.72. The summed E-state index contributed by atoms with van der Waals surface area (Å²) in [6.07, 6.45) is 15.0. The molecular weight excluding hydrogens is 223 g/mol. The first-order chi connectivity index (χ1) is 8.69. The van der Waals surface area contributed by atoms with Crippen LogP contribution in [0.3, 0.4) is 0 Å². The molecule has 1 aliphatic heterocycles. The number of aliphatic hydroxyl groups is 1. The molecule has 1 rings (SSSR count). The monoisotopic (exact) mass is 244 g/mol. The van der Waals surface area contributed by atoms with E-state index in [2.05, 4.69) is 25.0 Å². The van der Waals surface area contributed by atoms with E-state index in [-0.39, 0.29) is 18.0 Å². The van der Waals surface area contributed by atoms with Crippen LogP contribution in [0, 0.1) is 12.3 Å². The first kappa shape index (κ1) is 15.1. The predicted molar refractivity (Wildman–Crippen MR) is 75.4 cm³/mol. The van der Waals surface area contributed by atoms with E-state index in [1.165, 1.54) is 0 Å². The van der Waals surface area contributed by atoms with Crippen molar-refractivity contribution in [2.24, 2.45) is 0 Å². The van der Waals surface area contributed by atoms with Crippen LogP contribution in [0.25, 0.3) is 0 Å². The van der Waals surface area contributed by atoms with Gasteiger partial charge in [-0.1, -0.05) is 31.1 Å². The van der Waals surface area contributed by atoms with Crippen LogP contribution < -0.4 is 0 Å². The summed E-state index contributed by atoms with van der Waals surface area (Å²) in [5.41, 5.74) is 0. The van der Waals surface area contributed by atoms with Gasteiger partial charge in [-0.2, -0.15) is 0 Å². The van der Waals surface area contributed by atoms with Gasteiger partial charge in [-0.25, -0.2) is 0 Å². The Balaban J connectivity index is 2.40. The second-order valence-corrected chi connectivity index (χ2v) is 4.60. The highest BCUT2D eigenvalue weighted by molar-refractivity contribution is 6.12. The van der Waals surface area contributed by atoms with E-state index in [4.69, 9.17) is 19.0 Å². The summed E-state index contributed by atoms with van der Waals surface area (Å²) in [6, 6.07) is 0. The molecule has 96 valence electrons. The minimum absolute atomic E-state index is 0.00256. The SMILES string of the molecule is [B][C@H]1C[C@H]([C@H](O)C/C=C/C#C)OC1C/C=C/CC. The molecule has 2 radical (unpaired) electrons. The normalized spacial score (nSPS) is 29.9. The summed E-state index contributed by atoms with van der Waals surface area (Å²) in [6.45, 7) is 2.09. The molecule has 1 heterocycles. The number of aliphatic hydroxyl groups excluding tert-OH is 1. The molecular formula is C15H21BO2. The van der Waals surface area contributed by atoms with Gasteiger partial charge in [0.1, 0.15) is 0 Å². The van der Waals surface area contributed by atoms with E-state index in [0.29, 0.717) is 12.8 Å². The Morgan fingerprint density at radius 3 is 2.94 bits per heavy atom. The quantitative estimate of drug-likeness (QED) is 0.441. The molecule has 4 atom stereocenters. The fourth-order valence-electron chi connectivity index (χ4n) is 2.10. The van der Waals surface area contributed by atoms with E-state index >= 15 is 0 Å². The summed E-state index contributed by atoms with van der Waals surface area (Å²) in [5, 5.41) is 9.96. The maximum absolute atomic E-state index is 9.96. The summed E-state index contributed by atoms with van der Waals surface area (Å²) in [7, 11) is 6.02. The van der Waals surface area contributed by atoms with Crippen LogP contribution in [0.4, 0.5) is 0 Å². The van der Waals surface area contributed by atoms with Crippen molar-refractivity contribution >= 4 is 7.85 Å². The minimum atomic E-state index is -0.527. The Bertz CT molecular complexity index is 330. The molecule has 0 aliphatic carbocycles. The lowest BCUT2D eigenvalue weighted by Crippen LogP contribution is -2.25. The van der Waals surface area contributed by atoms with Gasteiger partial charge in [-0.3, -0.25) is 0 Å². The van der Waals surface area contributed by atoms with Crippen LogP contribution in [0.5, 0.6) is 0 Å². The van der Waals surface area contributed by atoms with E-state index in [0.717, 1.165) is 12.8 Å². The molecule has 0 spiro atoms. The van der Waals surface area contributed by atoms with Crippen molar-refractivity contribution in [1.29, 1.82) is 0 Å². The van der Waals surface area contributed by atoms with Crippen LogP contribution in [0.2, 0.25) is 5.82 Å². The van der Waals surface area contributed by atoms with Crippen molar-refractivity contribution in [3.8, 4) is 12.3 Å². The van der Waals surface area contributed by atoms with E-state index < -0.39 is 6.10 Å². The van der Waals surface area contributed by atoms with Crippen molar-refractivity contribution in [2.75, 3.05) is 0 Å². The van der Waals surface area contributed by atoms with Crippen LogP contribution in [0.15, 0.2) is 24.3 Å². The molecule has 1 fully saturated rings. The van der Waals surface area contributed by atoms with Gasteiger partial charge in [0.05, 0.1) is 26.2 Å². The second-order valence-electron chi connectivity index (χ2n) is 4.60. The number of rotatable bonds is 6. The molecule has 18 heavy (non-hydrogen) atoms. The standard InChI is InChI=1S/C15H21BO2/c1-3-5-7-9-13(17)15-11-12(16)14(18-15)10-8-6-4-2/h1,5-8,12-15,17H,4,9-11H2,2H3/b7-5+,8-6+/t12-,13+,14?,15+/m0/s1. The smallest absolute Gasteiger partial charge is 0.0837 e. The Labute approximate surface area is 112 Å². The molecule has 1 N–H and O–H groups in total. The molecule has 2 nitrogen and oxygen atoms in total. The first-order valence-electron chi connectivity index (χ1n) is 6.54. The molecule has 1 aliphatic rings. The molecule has 0 aromatic rings. The van der Waals surface area contributed by atoms with Crippen LogP contribution >= 0.6 is 0 Å². The molecule has 1 saturated heterocycles. The fourth-order valence-corrected chi connectivity index (χ4v) is 2.10. The summed E-state index contributed by atoms with van der Waals surface area (Å²) >= 11 is 0. The summed E-state index contributed by atoms with van der Waals surface area (Å²) < 4.78 is 5.80. The minimum Gasteiger partial charge on any atom is -0.390 e. The van der Waals surface area contributed by atoms with Crippen LogP contribution in [-0.2, 0) is 4.74 Å². The lowest BCUT2D eigenvalue weighted by Gasteiger charge is -2.17. The number of hydrogen-bond donors (Lipinski definition) is 1. The highest BCUT2D eigenvalue weighted by Crippen LogP contribution is 2.33. The van der Waals surface area contributed by atoms with Gasteiger partial charge < -0.3 is 9.84 Å². The summed E-state index contributed by atoms with van der Waals surface area (Å²) in [5.74, 6) is 2.40. The van der Waals surface area contributed by atoms with E-state index in [9.17, 15) is 5.11 Å². The number of ether oxygens (including phenoxy) is 1. The zero-order valence-corrected chi connectivity index (χ0v) is 11.0. The van der Waals surface area contributed by atoms with Crippen LogP contribution in [0.1, 0.15) is 32.6 Å². The molecule has 0 aromatic heterocycles. The van der Waals surface area contributed by atoms with Gasteiger partial charge in [-0.05, 0) is 37.6 Å². The van der Waals surface area contributed by atoms with Crippen molar-refractivity contribution < 1.29 is 9.84 Å². The molecule has 0 bridgehead atoms. The number of allylic oxidation sites excluding steroid dienone is 2. The first-order valence-corrected chi connectivity index (χ1v) is 6.54. The molecule has 0 amide bonds. The highest BCUT2D eigenvalue weighted by Gasteiger charge is 2.34. The van der Waals surface area contributed by atoms with Gasteiger partial charge in [0.2, 0.25) is 0 Å². The predicted octanol–water partition coefficient (Wildman–Crippen LogP) is 2.40. The molecule has 3 heteroatoms. The Morgan fingerprint density at radius 1 is 1.50 bits per heavy atom. The Morgan fingerprint density at radius 2 is 2.28 bits per heavy atom. The van der Waals surface area contributed by atoms with Crippen molar-refractivity contribution in [3.05, 3.63) is 24.3 Å². The zero-order chi connectivity index (χ0) is 13.4. The Kier molecular flexibility index (Phi) is 6.86. The molecule has 1 unspecified atom stereocenters. The second kappa shape index (κ2) is 8.18. The lowest BCUT2D eigenvalue weighted by atomic mass is 9.79. The fraction of sp³-hybridized carbons (Fsp3) is 0.600. The number of hydrogen-bond acceptors (Lipinski definition) is 2. The van der Waals surface area contributed by atoms with Gasteiger partial charge in [0.25, 0.3) is 0 Å².